The number of nitrogens with one attached hydrogen (secondary N) is 1. The molecule has 3 aliphatic rings. The number of carbonyl (C=O) groups is 3. The Morgan fingerprint density at radius 2 is 1.41 bits per heavy atom. The molecule has 194 valence electrons. The molecule has 37 heavy (non-hydrogen) atoms. The summed E-state index contributed by atoms with van der Waals surface area (Å²) in [4.78, 5) is 36.9. The number of imide groups is 1. The zero-order chi connectivity index (χ0) is 27.1. The van der Waals surface area contributed by atoms with Gasteiger partial charge in [0.1, 0.15) is 21.2 Å². The highest BCUT2D eigenvalue weighted by Crippen LogP contribution is 2.77. The molecule has 1 N–H and O–H groups in total. The van der Waals surface area contributed by atoms with E-state index in [4.69, 9.17) is 79.1 Å². The monoisotopic (exact) mass is 622 g/mol. The Hall–Kier alpha value is -1.87. The Labute approximate surface area is 241 Å². The number of anilines is 2. The third-order valence-electron chi connectivity index (χ3n) is 6.95. The second kappa shape index (κ2) is 8.83. The van der Waals surface area contributed by atoms with Gasteiger partial charge < -0.3 is 14.8 Å². The highest BCUT2D eigenvalue weighted by atomic mass is 35.5. The lowest BCUT2D eigenvalue weighted by Gasteiger charge is -2.34. The molecule has 1 saturated carbocycles. The molecule has 1 heterocycles. The van der Waals surface area contributed by atoms with Gasteiger partial charge in [-0.25, -0.2) is 4.90 Å². The molecule has 4 atom stereocenters. The summed E-state index contributed by atoms with van der Waals surface area (Å²) < 4.78 is 8.45. The van der Waals surface area contributed by atoms with Gasteiger partial charge in [-0.2, -0.15) is 0 Å². The predicted octanol–water partition coefficient (Wildman–Crippen LogP) is 5.91. The van der Waals surface area contributed by atoms with Gasteiger partial charge in [0.2, 0.25) is 11.8 Å². The molecule has 0 aromatic heterocycles. The van der Waals surface area contributed by atoms with Crippen LogP contribution in [0.3, 0.4) is 0 Å². The Morgan fingerprint density at radius 3 is 1.89 bits per heavy atom. The normalized spacial score (nSPS) is 29.6. The third kappa shape index (κ3) is 3.31. The van der Waals surface area contributed by atoms with Gasteiger partial charge in [0.05, 0.1) is 47.5 Å². The van der Waals surface area contributed by atoms with Crippen molar-refractivity contribution in [1.82, 2.24) is 0 Å². The fourth-order valence-electron chi connectivity index (χ4n) is 5.11. The number of hydrogen-bond donors (Lipinski definition) is 1. The largest absolute Gasteiger partial charge is 0.497 e. The number of hydrogen-bond acceptors (Lipinski definition) is 5. The molecular formula is C24H16Cl6N2O5. The van der Waals surface area contributed by atoms with Crippen LogP contribution in [0.25, 0.3) is 0 Å². The molecule has 2 aromatic rings. The van der Waals surface area contributed by atoms with Gasteiger partial charge in [-0.05, 0) is 36.4 Å². The fraction of sp³-hybridized carbons (Fsp3) is 0.292. The summed E-state index contributed by atoms with van der Waals surface area (Å²) in [5, 5.41) is 2.42. The molecule has 2 bridgehead atoms. The molecule has 1 saturated heterocycles. The molecule has 7 nitrogen and oxygen atoms in total. The molecule has 1 aliphatic heterocycles. The number of halogens is 6. The van der Waals surface area contributed by atoms with Gasteiger partial charge in [-0.1, -0.05) is 46.4 Å². The minimum absolute atomic E-state index is 0.166. The summed E-state index contributed by atoms with van der Waals surface area (Å²) in [6.45, 7) is 0. The zero-order valence-corrected chi connectivity index (χ0v) is 23.5. The third-order valence-corrected chi connectivity index (χ3v) is 11.2. The molecule has 2 aromatic carbocycles. The topological polar surface area (TPSA) is 84.9 Å². The van der Waals surface area contributed by atoms with E-state index >= 15 is 0 Å². The number of alkyl halides is 4. The highest BCUT2D eigenvalue weighted by Gasteiger charge is 2.87. The second-order valence-corrected chi connectivity index (χ2v) is 11.9. The van der Waals surface area contributed by atoms with Crippen molar-refractivity contribution in [1.29, 1.82) is 0 Å². The molecule has 5 rings (SSSR count). The summed E-state index contributed by atoms with van der Waals surface area (Å²) in [6, 6.07) is 10.8. The van der Waals surface area contributed by atoms with Gasteiger partial charge in [0.25, 0.3) is 5.91 Å². The van der Waals surface area contributed by atoms with E-state index in [0.717, 1.165) is 4.90 Å². The standard InChI is InChI=1S/C24H16Cl6N2O5/c1-36-12-7-8-13(14(9-12)37-2)31-19(33)10-3-5-11(6-4-10)32-20(34)15-16(21(32)35)23(28)18(26)17(25)22(15,27)24(23,29)30/h3-9,15-16H,1-2H3,(H,31,33)/t15-,16+,22-,23-/m1/s1. The number of methoxy groups -OCH3 is 2. The van der Waals surface area contributed by atoms with Crippen molar-refractivity contribution >= 4 is 98.7 Å². The Kier molecular flexibility index (Phi) is 6.38. The van der Waals surface area contributed by atoms with Gasteiger partial charge >= 0.3 is 0 Å². The lowest BCUT2D eigenvalue weighted by molar-refractivity contribution is -0.123. The lowest BCUT2D eigenvalue weighted by atomic mass is 9.84. The lowest BCUT2D eigenvalue weighted by Crippen LogP contribution is -2.50. The summed E-state index contributed by atoms with van der Waals surface area (Å²) >= 11 is 39.1. The number of rotatable bonds is 5. The van der Waals surface area contributed by atoms with E-state index in [0.29, 0.717) is 17.2 Å². The number of ether oxygens (including phenoxy) is 2. The maximum atomic E-state index is 13.5. The van der Waals surface area contributed by atoms with Crippen LogP contribution in [0.2, 0.25) is 0 Å². The maximum absolute atomic E-state index is 13.5. The van der Waals surface area contributed by atoms with Gasteiger partial charge in [-0.3, -0.25) is 14.4 Å². The molecule has 13 heteroatoms. The Bertz CT molecular complexity index is 1350. The van der Waals surface area contributed by atoms with Crippen LogP contribution in [0.5, 0.6) is 11.5 Å². The van der Waals surface area contributed by atoms with E-state index < -0.39 is 43.6 Å². The number of benzene rings is 2. The van der Waals surface area contributed by atoms with Crippen LogP contribution in [0.15, 0.2) is 52.5 Å². The summed E-state index contributed by atoms with van der Waals surface area (Å²) in [7, 11) is 2.99. The number of allylic oxidation sites excluding steroid dienone is 2. The predicted molar refractivity (Wildman–Crippen MR) is 144 cm³/mol. The van der Waals surface area contributed by atoms with Crippen molar-refractivity contribution in [2.45, 2.75) is 14.1 Å². The second-order valence-electron chi connectivity index (χ2n) is 8.66. The number of amides is 3. The summed E-state index contributed by atoms with van der Waals surface area (Å²) in [5.41, 5.74) is 0.888. The average Bonchev–Trinajstić information content (AvgIpc) is 3.27. The van der Waals surface area contributed by atoms with E-state index in [-0.39, 0.29) is 21.3 Å². The van der Waals surface area contributed by atoms with Gasteiger partial charge in [0.15, 0.2) is 4.33 Å². The first-order valence-corrected chi connectivity index (χ1v) is 13.0. The fourth-order valence-corrected chi connectivity index (χ4v) is 8.04. The Balaban J connectivity index is 1.41. The SMILES string of the molecule is COc1ccc(NC(=O)c2ccc(N3C(=O)[C@@H]4[C@H](C3=O)[C@@]3(Cl)C(Cl)=C(Cl)[C@@]4(Cl)C3(Cl)Cl)cc2)c(OC)c1. The molecule has 0 radical (unpaired) electrons. The first kappa shape index (κ1) is 26.7. The number of carbonyl (C=O) groups excluding carboxylic acids is 3. The van der Waals surface area contributed by atoms with E-state index in [2.05, 4.69) is 5.32 Å². The quantitative estimate of drug-likeness (QED) is 0.330. The summed E-state index contributed by atoms with van der Waals surface area (Å²) in [6.07, 6.45) is 0. The van der Waals surface area contributed by atoms with Gasteiger partial charge in [0, 0.05) is 11.6 Å². The molecule has 2 aliphatic carbocycles. The van der Waals surface area contributed by atoms with Crippen LogP contribution in [-0.2, 0) is 9.59 Å². The Morgan fingerprint density at radius 1 is 0.865 bits per heavy atom. The first-order valence-electron chi connectivity index (χ1n) is 10.7. The van der Waals surface area contributed by atoms with Crippen LogP contribution in [0.1, 0.15) is 10.4 Å². The minimum atomic E-state index is -2.01. The highest BCUT2D eigenvalue weighted by molar-refractivity contribution is 6.67. The van der Waals surface area contributed by atoms with Crippen molar-refractivity contribution < 1.29 is 23.9 Å². The van der Waals surface area contributed by atoms with Crippen molar-refractivity contribution in [3.05, 3.63) is 58.1 Å². The van der Waals surface area contributed by atoms with Crippen LogP contribution >= 0.6 is 69.6 Å². The van der Waals surface area contributed by atoms with Crippen molar-refractivity contribution in [3.63, 3.8) is 0 Å². The molecule has 0 unspecified atom stereocenters. The first-order chi connectivity index (χ1) is 17.4. The van der Waals surface area contributed by atoms with Crippen molar-refractivity contribution in [3.8, 4) is 11.5 Å². The van der Waals surface area contributed by atoms with E-state index in [9.17, 15) is 14.4 Å². The van der Waals surface area contributed by atoms with E-state index in [1.54, 1.807) is 18.2 Å². The number of fused-ring (bicyclic) bond motifs is 5. The number of nitrogens with zero attached hydrogens (tertiary/aromatic N) is 1. The minimum Gasteiger partial charge on any atom is -0.497 e. The van der Waals surface area contributed by atoms with Crippen LogP contribution < -0.4 is 19.7 Å². The van der Waals surface area contributed by atoms with Crippen molar-refractivity contribution in [2.75, 3.05) is 24.4 Å². The average molecular weight is 625 g/mol. The van der Waals surface area contributed by atoms with E-state index in [1.165, 1.54) is 38.5 Å². The maximum Gasteiger partial charge on any atom is 0.255 e. The van der Waals surface area contributed by atoms with Crippen LogP contribution in [0, 0.1) is 11.8 Å². The smallest absolute Gasteiger partial charge is 0.255 e. The van der Waals surface area contributed by atoms with Gasteiger partial charge in [-0.15, -0.1) is 23.2 Å². The molecular weight excluding hydrogens is 609 g/mol. The van der Waals surface area contributed by atoms with Crippen LogP contribution in [-0.4, -0.2) is 46.0 Å². The van der Waals surface area contributed by atoms with Crippen molar-refractivity contribution in [2.24, 2.45) is 11.8 Å². The summed E-state index contributed by atoms with van der Waals surface area (Å²) in [5.74, 6) is -3.32. The van der Waals surface area contributed by atoms with E-state index in [1.807, 2.05) is 0 Å². The zero-order valence-electron chi connectivity index (χ0n) is 19.0. The van der Waals surface area contributed by atoms with Crippen LogP contribution in [0.4, 0.5) is 11.4 Å². The molecule has 2 fully saturated rings. The molecule has 0 spiro atoms. The molecule has 3 amide bonds.